The molecular weight excluding hydrogens is 154 g/mol. The van der Waals surface area contributed by atoms with Crippen molar-refractivity contribution in [1.82, 2.24) is 0 Å². The summed E-state index contributed by atoms with van der Waals surface area (Å²) in [6.45, 7) is 0.472. The van der Waals surface area contributed by atoms with E-state index in [1.54, 1.807) is 12.5 Å². The van der Waals surface area contributed by atoms with Gasteiger partial charge >= 0.3 is 0 Å². The van der Waals surface area contributed by atoms with Gasteiger partial charge in [0.05, 0.1) is 6.61 Å². The Balaban J connectivity index is -0.0000000787. The van der Waals surface area contributed by atoms with E-state index in [-0.39, 0.29) is 6.61 Å². The highest BCUT2D eigenvalue weighted by Crippen LogP contribution is 1.47. The predicted octanol–water partition coefficient (Wildman–Crippen LogP) is -2.25. The van der Waals surface area contributed by atoms with Crippen LogP contribution in [-0.4, -0.2) is 35.0 Å². The van der Waals surface area contributed by atoms with Crippen molar-refractivity contribution < 1.29 is 9.32 Å². The molecule has 0 aliphatic rings. The summed E-state index contributed by atoms with van der Waals surface area (Å²) in [5.74, 6) is 8.00. The largest absolute Gasteiger partial charge is 0.395 e. The van der Waals surface area contributed by atoms with E-state index in [9.17, 15) is 4.21 Å². The quantitative estimate of drug-likeness (QED) is 0.263. The molecule has 0 saturated carbocycles. The molecule has 0 radical (unpaired) electrons. The van der Waals surface area contributed by atoms with Crippen LogP contribution < -0.4 is 17.4 Å². The highest BCUT2D eigenvalue weighted by molar-refractivity contribution is 7.83. The molecule has 0 aromatic carbocycles. The molecule has 0 unspecified atom stereocenters. The van der Waals surface area contributed by atoms with E-state index in [0.717, 1.165) is 0 Å². The Morgan fingerprint density at radius 2 is 1.50 bits per heavy atom. The zero-order valence-electron chi connectivity index (χ0n) is 6.41. The van der Waals surface area contributed by atoms with Crippen LogP contribution in [0.1, 0.15) is 0 Å². The van der Waals surface area contributed by atoms with Crippen molar-refractivity contribution in [2.75, 3.05) is 25.7 Å². The van der Waals surface area contributed by atoms with Crippen LogP contribution in [0.2, 0.25) is 0 Å². The van der Waals surface area contributed by atoms with Gasteiger partial charge in [-0.25, -0.2) is 0 Å². The summed E-state index contributed by atoms with van der Waals surface area (Å²) in [5.41, 5.74) is 4.78. The Labute approximate surface area is 64.0 Å². The molecule has 0 bridgehead atoms. The molecule has 10 heavy (non-hydrogen) atoms. The monoisotopic (exact) mass is 171 g/mol. The van der Waals surface area contributed by atoms with Gasteiger partial charge in [0.15, 0.2) is 0 Å². The highest BCUT2D eigenvalue weighted by atomic mass is 32.2. The number of aliphatic hydroxyl groups excluding tert-OH is 1. The van der Waals surface area contributed by atoms with Crippen LogP contribution in [0.5, 0.6) is 0 Å². The molecule has 66 valence electrons. The standard InChI is InChI=1S/C2H7NO.C2H6OS.H4N2/c3-1-2-4;1-4(2)3;1-2/h4H,1-3H2;1-2H3;1-2H2. The van der Waals surface area contributed by atoms with Crippen molar-refractivity contribution in [3.63, 3.8) is 0 Å². The Hall–Kier alpha value is -0.0100. The van der Waals surface area contributed by atoms with Gasteiger partial charge in [-0.2, -0.15) is 0 Å². The highest BCUT2D eigenvalue weighted by Gasteiger charge is 1.57. The van der Waals surface area contributed by atoms with Crippen molar-refractivity contribution in [1.29, 1.82) is 0 Å². The summed E-state index contributed by atoms with van der Waals surface area (Å²) in [5, 5.41) is 7.75. The molecule has 7 N–H and O–H groups in total. The van der Waals surface area contributed by atoms with Crippen LogP contribution in [0, 0.1) is 0 Å². The smallest absolute Gasteiger partial charge is 0.0553 e. The van der Waals surface area contributed by atoms with Crippen LogP contribution >= 0.6 is 0 Å². The first-order valence-corrected chi connectivity index (χ1v) is 4.51. The lowest BCUT2D eigenvalue weighted by Gasteiger charge is -1.71. The van der Waals surface area contributed by atoms with Gasteiger partial charge < -0.3 is 10.8 Å². The van der Waals surface area contributed by atoms with Crippen molar-refractivity contribution >= 4 is 10.8 Å². The van der Waals surface area contributed by atoms with Crippen LogP contribution in [-0.2, 0) is 10.8 Å². The van der Waals surface area contributed by atoms with E-state index in [4.69, 9.17) is 10.8 Å². The van der Waals surface area contributed by atoms with Crippen LogP contribution in [0.4, 0.5) is 0 Å². The minimum absolute atomic E-state index is 0.0972. The van der Waals surface area contributed by atoms with Gasteiger partial charge in [0, 0.05) is 29.9 Å². The molecule has 0 atom stereocenters. The molecule has 0 rings (SSSR count). The summed E-state index contributed by atoms with van der Waals surface area (Å²) < 4.78 is 9.56. The van der Waals surface area contributed by atoms with Crippen LogP contribution in [0.3, 0.4) is 0 Å². The van der Waals surface area contributed by atoms with Gasteiger partial charge in [0.2, 0.25) is 0 Å². The van der Waals surface area contributed by atoms with Gasteiger partial charge in [-0.15, -0.1) is 0 Å². The average Bonchev–Trinajstić information content (AvgIpc) is 1.91. The summed E-state index contributed by atoms with van der Waals surface area (Å²) >= 11 is 0. The summed E-state index contributed by atoms with van der Waals surface area (Å²) in [6, 6.07) is 0. The molecule has 0 saturated heterocycles. The van der Waals surface area contributed by atoms with Gasteiger partial charge in [0.1, 0.15) is 0 Å². The first-order valence-electron chi connectivity index (χ1n) is 2.54. The maximum absolute atomic E-state index is 9.56. The number of rotatable bonds is 1. The number of nitrogens with two attached hydrogens (primary N) is 3. The van der Waals surface area contributed by atoms with Crippen molar-refractivity contribution in [3.05, 3.63) is 0 Å². The summed E-state index contributed by atoms with van der Waals surface area (Å²) in [6.07, 6.45) is 3.28. The molecule has 0 aliphatic heterocycles. The number of hydrazine groups is 1. The van der Waals surface area contributed by atoms with Gasteiger partial charge in [-0.1, -0.05) is 0 Å². The normalized spacial score (nSPS) is 7.10. The third-order valence-electron chi connectivity index (χ3n) is 0.129. The maximum Gasteiger partial charge on any atom is 0.0553 e. The van der Waals surface area contributed by atoms with E-state index in [2.05, 4.69) is 11.7 Å². The minimum Gasteiger partial charge on any atom is -0.395 e. The Kier molecular flexibility index (Phi) is 38.1. The van der Waals surface area contributed by atoms with Gasteiger partial charge in [-0.3, -0.25) is 15.9 Å². The molecule has 0 spiro atoms. The lowest BCUT2D eigenvalue weighted by Crippen LogP contribution is -2.02. The van der Waals surface area contributed by atoms with E-state index >= 15 is 0 Å². The topological polar surface area (TPSA) is 115 Å². The minimum atomic E-state index is -0.611. The zero-order valence-corrected chi connectivity index (χ0v) is 7.23. The van der Waals surface area contributed by atoms with E-state index in [0.29, 0.717) is 6.54 Å². The Morgan fingerprint density at radius 3 is 1.50 bits per heavy atom. The molecular formula is C4H17N3O2S. The summed E-state index contributed by atoms with van der Waals surface area (Å²) in [7, 11) is -0.611. The van der Waals surface area contributed by atoms with Crippen molar-refractivity contribution in [3.8, 4) is 0 Å². The molecule has 0 amide bonds. The first kappa shape index (κ1) is 16.5. The van der Waals surface area contributed by atoms with E-state index in [1.165, 1.54) is 0 Å². The third-order valence-corrected chi connectivity index (χ3v) is 0.129. The fourth-order valence-electron chi connectivity index (χ4n) is 0. The second-order valence-electron chi connectivity index (χ2n) is 1.25. The van der Waals surface area contributed by atoms with Crippen LogP contribution in [0.25, 0.3) is 0 Å². The van der Waals surface area contributed by atoms with Crippen molar-refractivity contribution in [2.45, 2.75) is 0 Å². The lowest BCUT2D eigenvalue weighted by molar-refractivity contribution is 0.306. The number of aliphatic hydroxyl groups is 1. The molecule has 0 aliphatic carbocycles. The van der Waals surface area contributed by atoms with E-state index < -0.39 is 10.8 Å². The number of hydrogen-bond donors (Lipinski definition) is 4. The molecule has 5 nitrogen and oxygen atoms in total. The fourth-order valence-corrected chi connectivity index (χ4v) is 0. The maximum atomic E-state index is 9.56. The van der Waals surface area contributed by atoms with Gasteiger partial charge in [0.25, 0.3) is 0 Å². The van der Waals surface area contributed by atoms with Crippen LogP contribution in [0.15, 0.2) is 0 Å². The molecule has 0 aromatic heterocycles. The zero-order chi connectivity index (χ0) is 8.99. The lowest BCUT2D eigenvalue weighted by atomic mass is 10.8. The van der Waals surface area contributed by atoms with Gasteiger partial charge in [-0.05, 0) is 0 Å². The summed E-state index contributed by atoms with van der Waals surface area (Å²) in [4.78, 5) is 0. The molecule has 6 heteroatoms. The average molecular weight is 171 g/mol. The Morgan fingerprint density at radius 1 is 1.40 bits per heavy atom. The van der Waals surface area contributed by atoms with E-state index in [1.807, 2.05) is 0 Å². The fraction of sp³-hybridized carbons (Fsp3) is 1.00. The molecule has 0 aromatic rings. The van der Waals surface area contributed by atoms with Crippen molar-refractivity contribution in [2.24, 2.45) is 17.4 Å². The molecule has 0 fully saturated rings. The second-order valence-corrected chi connectivity index (χ2v) is 2.74. The molecule has 0 heterocycles. The third kappa shape index (κ3) is 398. The second kappa shape index (κ2) is 23.0. The SMILES string of the molecule is CS(C)=O.NCCO.NN. The first-order chi connectivity index (χ1) is 4.65. The predicted molar refractivity (Wildman–Crippen MR) is 44.5 cm³/mol. The Bertz CT molecular complexity index is 56.5. The number of hydrogen-bond acceptors (Lipinski definition) is 5.